The van der Waals surface area contributed by atoms with Gasteiger partial charge in [0.2, 0.25) is 5.89 Å². The second-order valence-corrected chi connectivity index (χ2v) is 5.37. The summed E-state index contributed by atoms with van der Waals surface area (Å²) in [4.78, 5) is 6.44. The Morgan fingerprint density at radius 2 is 2.05 bits per heavy atom. The molecule has 0 fully saturated rings. The van der Waals surface area contributed by atoms with Crippen LogP contribution in [0.4, 0.5) is 4.39 Å². The first-order chi connectivity index (χ1) is 9.47. The first kappa shape index (κ1) is 14.7. The van der Waals surface area contributed by atoms with Crippen LogP contribution in [0.1, 0.15) is 50.0 Å². The number of nitrogens with zero attached hydrogens (tertiary/aromatic N) is 3. The van der Waals surface area contributed by atoms with Gasteiger partial charge in [-0.05, 0) is 31.7 Å². The molecular formula is C15H20FN3O. The topological polar surface area (TPSA) is 42.2 Å². The first-order valence-electron chi connectivity index (χ1n) is 6.75. The average molecular weight is 277 g/mol. The van der Waals surface area contributed by atoms with E-state index in [1.54, 1.807) is 6.07 Å². The van der Waals surface area contributed by atoms with E-state index in [1.807, 2.05) is 38.8 Å². The Kier molecular flexibility index (Phi) is 4.49. The molecular weight excluding hydrogens is 257 g/mol. The quantitative estimate of drug-likeness (QED) is 0.838. The molecule has 1 aromatic carbocycles. The number of hydrogen-bond acceptors (Lipinski definition) is 4. The van der Waals surface area contributed by atoms with Crippen molar-refractivity contribution in [1.82, 2.24) is 15.0 Å². The summed E-state index contributed by atoms with van der Waals surface area (Å²) in [5.41, 5.74) is 0.919. The van der Waals surface area contributed by atoms with Crippen molar-refractivity contribution in [2.24, 2.45) is 0 Å². The molecule has 1 unspecified atom stereocenters. The Morgan fingerprint density at radius 3 is 2.65 bits per heavy atom. The van der Waals surface area contributed by atoms with Crippen LogP contribution < -0.4 is 0 Å². The highest BCUT2D eigenvalue weighted by atomic mass is 19.1. The highest BCUT2D eigenvalue weighted by Crippen LogP contribution is 2.21. The summed E-state index contributed by atoms with van der Waals surface area (Å²) in [7, 11) is 1.95. The van der Waals surface area contributed by atoms with Gasteiger partial charge >= 0.3 is 0 Å². The van der Waals surface area contributed by atoms with Gasteiger partial charge in [-0.3, -0.25) is 4.90 Å². The van der Waals surface area contributed by atoms with Crippen LogP contribution in [0.25, 0.3) is 0 Å². The Hall–Kier alpha value is -1.75. The van der Waals surface area contributed by atoms with Crippen LogP contribution in [-0.2, 0) is 6.54 Å². The minimum Gasteiger partial charge on any atom is -0.338 e. The smallest absolute Gasteiger partial charge is 0.243 e. The van der Waals surface area contributed by atoms with E-state index in [2.05, 4.69) is 10.1 Å². The Morgan fingerprint density at radius 1 is 1.30 bits per heavy atom. The van der Waals surface area contributed by atoms with E-state index in [0.29, 0.717) is 18.3 Å². The second kappa shape index (κ2) is 6.13. The predicted molar refractivity (Wildman–Crippen MR) is 74.7 cm³/mol. The molecule has 0 radical (unpaired) electrons. The molecule has 0 aliphatic carbocycles. The van der Waals surface area contributed by atoms with Gasteiger partial charge in [-0.25, -0.2) is 4.39 Å². The standard InChI is InChI=1S/C15H20FN3O/c1-10(2)14-17-15(20-18-14)11(3)19(4)9-12-6-5-7-13(16)8-12/h5-8,10-11H,9H2,1-4H3. The Bertz CT molecular complexity index is 568. The number of rotatable bonds is 5. The van der Waals surface area contributed by atoms with Crippen molar-refractivity contribution in [1.29, 1.82) is 0 Å². The van der Waals surface area contributed by atoms with Crippen molar-refractivity contribution >= 4 is 0 Å². The van der Waals surface area contributed by atoms with Gasteiger partial charge in [-0.2, -0.15) is 4.98 Å². The van der Waals surface area contributed by atoms with E-state index >= 15 is 0 Å². The lowest BCUT2D eigenvalue weighted by molar-refractivity contribution is 0.202. The van der Waals surface area contributed by atoms with Crippen LogP contribution >= 0.6 is 0 Å². The molecule has 2 aromatic rings. The molecule has 0 saturated heterocycles. The molecule has 108 valence electrons. The van der Waals surface area contributed by atoms with E-state index in [-0.39, 0.29) is 17.8 Å². The van der Waals surface area contributed by atoms with Crippen LogP contribution in [0.3, 0.4) is 0 Å². The SMILES string of the molecule is CC(C)c1noc(C(C)N(C)Cc2cccc(F)c2)n1. The lowest BCUT2D eigenvalue weighted by Gasteiger charge is -2.21. The third-order valence-corrected chi connectivity index (χ3v) is 3.31. The maximum atomic E-state index is 13.2. The van der Waals surface area contributed by atoms with Crippen LogP contribution in [0.2, 0.25) is 0 Å². The summed E-state index contributed by atoms with van der Waals surface area (Å²) in [6.07, 6.45) is 0. The highest BCUT2D eigenvalue weighted by molar-refractivity contribution is 5.16. The van der Waals surface area contributed by atoms with Crippen LogP contribution in [-0.4, -0.2) is 22.1 Å². The average Bonchev–Trinajstić information content (AvgIpc) is 2.87. The van der Waals surface area contributed by atoms with E-state index < -0.39 is 0 Å². The number of aromatic nitrogens is 2. The predicted octanol–water partition coefficient (Wildman–Crippen LogP) is 3.53. The lowest BCUT2D eigenvalue weighted by Crippen LogP contribution is -2.22. The maximum Gasteiger partial charge on any atom is 0.243 e. The van der Waals surface area contributed by atoms with E-state index in [9.17, 15) is 4.39 Å². The second-order valence-electron chi connectivity index (χ2n) is 5.37. The van der Waals surface area contributed by atoms with Crippen LogP contribution in [0, 0.1) is 5.82 Å². The van der Waals surface area contributed by atoms with Crippen LogP contribution in [0.15, 0.2) is 28.8 Å². The van der Waals surface area contributed by atoms with Gasteiger partial charge < -0.3 is 4.52 Å². The van der Waals surface area contributed by atoms with Gasteiger partial charge in [0.1, 0.15) is 5.82 Å². The molecule has 20 heavy (non-hydrogen) atoms. The fraction of sp³-hybridized carbons (Fsp3) is 0.467. The molecule has 0 saturated carbocycles. The first-order valence-corrected chi connectivity index (χ1v) is 6.75. The van der Waals surface area contributed by atoms with Gasteiger partial charge in [0.15, 0.2) is 5.82 Å². The molecule has 0 spiro atoms. The zero-order chi connectivity index (χ0) is 14.7. The lowest BCUT2D eigenvalue weighted by atomic mass is 10.2. The number of hydrogen-bond donors (Lipinski definition) is 0. The molecule has 1 aromatic heterocycles. The molecule has 4 nitrogen and oxygen atoms in total. The maximum absolute atomic E-state index is 13.2. The molecule has 2 rings (SSSR count). The summed E-state index contributed by atoms with van der Waals surface area (Å²) in [6, 6.07) is 6.58. The van der Waals surface area contributed by atoms with E-state index in [4.69, 9.17) is 4.52 Å². The summed E-state index contributed by atoms with van der Waals surface area (Å²) in [6.45, 7) is 6.67. The molecule has 5 heteroatoms. The van der Waals surface area contributed by atoms with Gasteiger partial charge in [-0.15, -0.1) is 0 Å². The fourth-order valence-electron chi connectivity index (χ4n) is 1.90. The van der Waals surface area contributed by atoms with Crippen molar-refractivity contribution in [3.05, 3.63) is 47.4 Å². The van der Waals surface area contributed by atoms with Gasteiger partial charge in [0, 0.05) is 12.5 Å². The molecule has 1 heterocycles. The van der Waals surface area contributed by atoms with Gasteiger partial charge in [0.25, 0.3) is 0 Å². The number of halogens is 1. The zero-order valence-corrected chi connectivity index (χ0v) is 12.3. The van der Waals surface area contributed by atoms with Crippen molar-refractivity contribution in [2.45, 2.75) is 39.3 Å². The number of benzene rings is 1. The Labute approximate surface area is 118 Å². The van der Waals surface area contributed by atoms with Crippen molar-refractivity contribution < 1.29 is 8.91 Å². The molecule has 0 aliphatic rings. The van der Waals surface area contributed by atoms with E-state index in [1.165, 1.54) is 12.1 Å². The Balaban J connectivity index is 2.06. The minimum absolute atomic E-state index is 0.0155. The van der Waals surface area contributed by atoms with Crippen molar-refractivity contribution in [2.75, 3.05) is 7.05 Å². The zero-order valence-electron chi connectivity index (χ0n) is 12.3. The third kappa shape index (κ3) is 3.42. The fourth-order valence-corrected chi connectivity index (χ4v) is 1.90. The summed E-state index contributed by atoms with van der Waals surface area (Å²) in [5.74, 6) is 1.33. The van der Waals surface area contributed by atoms with Gasteiger partial charge in [0.05, 0.1) is 6.04 Å². The highest BCUT2D eigenvalue weighted by Gasteiger charge is 2.19. The van der Waals surface area contributed by atoms with Crippen LogP contribution in [0.5, 0.6) is 0 Å². The van der Waals surface area contributed by atoms with Gasteiger partial charge in [-0.1, -0.05) is 31.1 Å². The summed E-state index contributed by atoms with van der Waals surface area (Å²) < 4.78 is 18.5. The van der Waals surface area contributed by atoms with E-state index in [0.717, 1.165) is 5.56 Å². The minimum atomic E-state index is -0.219. The summed E-state index contributed by atoms with van der Waals surface area (Å²) >= 11 is 0. The monoisotopic (exact) mass is 277 g/mol. The molecule has 0 bridgehead atoms. The molecule has 0 amide bonds. The molecule has 0 N–H and O–H groups in total. The van der Waals surface area contributed by atoms with Crippen molar-refractivity contribution in [3.63, 3.8) is 0 Å². The largest absolute Gasteiger partial charge is 0.338 e. The van der Waals surface area contributed by atoms with Crippen molar-refractivity contribution in [3.8, 4) is 0 Å². The third-order valence-electron chi connectivity index (χ3n) is 3.31. The normalized spacial score (nSPS) is 13.2. The summed E-state index contributed by atoms with van der Waals surface area (Å²) in [5, 5.41) is 3.97. The molecule has 0 aliphatic heterocycles. The molecule has 1 atom stereocenters.